The zero-order valence-corrected chi connectivity index (χ0v) is 48.2. The summed E-state index contributed by atoms with van der Waals surface area (Å²) in [5.74, 6) is -0.867. The molecule has 0 bridgehead atoms. The molecule has 0 N–H and O–H groups in total. The lowest BCUT2D eigenvalue weighted by Crippen LogP contribution is -2.30. The third kappa shape index (κ3) is 58.3. The smallest absolute Gasteiger partial charge is 0.306 e. The Morgan fingerprint density at radius 3 is 0.792 bits per heavy atom. The summed E-state index contributed by atoms with van der Waals surface area (Å²) in [7, 11) is 0. The van der Waals surface area contributed by atoms with E-state index in [0.717, 1.165) is 77.0 Å². The highest BCUT2D eigenvalue weighted by atomic mass is 16.6. The van der Waals surface area contributed by atoms with E-state index < -0.39 is 6.10 Å². The monoisotopic (exact) mass is 1010 g/mol. The van der Waals surface area contributed by atoms with E-state index in [0.29, 0.717) is 19.3 Å². The normalized spacial score (nSPS) is 12.3. The molecule has 0 spiro atoms. The summed E-state index contributed by atoms with van der Waals surface area (Å²) in [6, 6.07) is 0. The van der Waals surface area contributed by atoms with E-state index in [2.05, 4.69) is 69.4 Å². The molecule has 0 aromatic heterocycles. The van der Waals surface area contributed by atoms with Crippen molar-refractivity contribution in [3.8, 4) is 0 Å². The lowest BCUT2D eigenvalue weighted by atomic mass is 10.0. The van der Waals surface area contributed by atoms with Gasteiger partial charge in [0, 0.05) is 19.3 Å². The second-order valence-electron chi connectivity index (χ2n) is 21.3. The molecule has 0 radical (unpaired) electrons. The number of esters is 3. The van der Waals surface area contributed by atoms with E-state index in [1.807, 2.05) is 0 Å². The fourth-order valence-corrected chi connectivity index (χ4v) is 9.27. The van der Waals surface area contributed by atoms with Gasteiger partial charge in [0.25, 0.3) is 0 Å². The summed E-state index contributed by atoms with van der Waals surface area (Å²) in [6.45, 7) is 6.66. The summed E-state index contributed by atoms with van der Waals surface area (Å²) in [5, 5.41) is 0. The fraction of sp³-hybridized carbons (Fsp3) is 0.833. The number of rotatable bonds is 58. The molecule has 0 aromatic rings. The summed E-state index contributed by atoms with van der Waals surface area (Å²) >= 11 is 0. The van der Waals surface area contributed by atoms with Crippen molar-refractivity contribution in [1.29, 1.82) is 0 Å². The molecule has 6 nitrogen and oxygen atoms in total. The quantitative estimate of drug-likeness (QED) is 0.0261. The van der Waals surface area contributed by atoms with Gasteiger partial charge in [0.15, 0.2) is 6.10 Å². The molecule has 0 fully saturated rings. The van der Waals surface area contributed by atoms with Crippen molar-refractivity contribution in [2.45, 2.75) is 341 Å². The van der Waals surface area contributed by atoms with Gasteiger partial charge in [0.05, 0.1) is 0 Å². The second-order valence-corrected chi connectivity index (χ2v) is 21.3. The molecule has 420 valence electrons. The average molecular weight is 1010 g/mol. The summed E-state index contributed by atoms with van der Waals surface area (Å²) in [4.78, 5) is 38.3. The molecular weight excluding hydrogens is 889 g/mol. The molecule has 72 heavy (non-hydrogen) atoms. The molecule has 0 aliphatic heterocycles. The Morgan fingerprint density at radius 2 is 0.500 bits per heavy atom. The van der Waals surface area contributed by atoms with Gasteiger partial charge in [-0.15, -0.1) is 0 Å². The van der Waals surface area contributed by atoms with Crippen LogP contribution in [0, 0.1) is 0 Å². The van der Waals surface area contributed by atoms with Crippen molar-refractivity contribution in [1.82, 2.24) is 0 Å². The third-order valence-electron chi connectivity index (χ3n) is 14.1. The predicted octanol–water partition coefficient (Wildman–Crippen LogP) is 21.4. The molecule has 0 aromatic carbocycles. The first kappa shape index (κ1) is 69.4. The number of carbonyl (C=O) groups is 3. The highest BCUT2D eigenvalue weighted by Gasteiger charge is 2.19. The lowest BCUT2D eigenvalue weighted by Gasteiger charge is -2.18. The fourth-order valence-electron chi connectivity index (χ4n) is 9.27. The maximum absolute atomic E-state index is 12.9. The first-order valence-electron chi connectivity index (χ1n) is 31.6. The van der Waals surface area contributed by atoms with Gasteiger partial charge < -0.3 is 14.2 Å². The van der Waals surface area contributed by atoms with E-state index in [-0.39, 0.29) is 31.1 Å². The van der Waals surface area contributed by atoms with Crippen molar-refractivity contribution in [3.63, 3.8) is 0 Å². The first-order valence-corrected chi connectivity index (χ1v) is 31.6. The Morgan fingerprint density at radius 1 is 0.278 bits per heavy atom. The van der Waals surface area contributed by atoms with Crippen LogP contribution in [0.2, 0.25) is 0 Å². The molecule has 1 unspecified atom stereocenters. The molecule has 0 aliphatic carbocycles. The minimum Gasteiger partial charge on any atom is -0.462 e. The van der Waals surface area contributed by atoms with Gasteiger partial charge in [-0.1, -0.05) is 281 Å². The third-order valence-corrected chi connectivity index (χ3v) is 14.1. The zero-order valence-electron chi connectivity index (χ0n) is 48.2. The molecule has 0 rings (SSSR count). The van der Waals surface area contributed by atoms with Crippen molar-refractivity contribution >= 4 is 17.9 Å². The van der Waals surface area contributed by atoms with E-state index >= 15 is 0 Å². The highest BCUT2D eigenvalue weighted by molar-refractivity contribution is 5.71. The number of allylic oxidation sites excluding steroid dienone is 8. The van der Waals surface area contributed by atoms with Crippen molar-refractivity contribution in [2.24, 2.45) is 0 Å². The Labute approximate surface area is 448 Å². The SMILES string of the molecule is CCCCCCC/C=C\C/C=C\C/C=C\CCCCCCCCCCC(=O)OCC(COC(=O)CCCCCCCCCCCCCCC)OC(=O)CCCCCCCCC/C=C\CCCCCCCCC. The van der Waals surface area contributed by atoms with Gasteiger partial charge in [-0.2, -0.15) is 0 Å². The van der Waals surface area contributed by atoms with Crippen LogP contribution in [0.3, 0.4) is 0 Å². The Kier molecular flexibility index (Phi) is 58.7. The minimum atomic E-state index is -0.777. The van der Waals surface area contributed by atoms with Crippen molar-refractivity contribution in [3.05, 3.63) is 48.6 Å². The van der Waals surface area contributed by atoms with Crippen LogP contribution >= 0.6 is 0 Å². The number of ether oxygens (including phenoxy) is 3. The second kappa shape index (κ2) is 60.9. The predicted molar refractivity (Wildman–Crippen MR) is 312 cm³/mol. The number of carbonyl (C=O) groups excluding carboxylic acids is 3. The van der Waals surface area contributed by atoms with Crippen LogP contribution in [0.15, 0.2) is 48.6 Å². The van der Waals surface area contributed by atoms with Crippen LogP contribution in [0.4, 0.5) is 0 Å². The molecule has 0 amide bonds. The standard InChI is InChI=1S/C66H120O6/c1-4-7-10-13-16-19-22-25-27-29-31-32-33-34-35-37-38-41-44-47-50-53-56-59-65(68)71-62-63(61-70-64(67)58-55-52-49-46-43-40-24-21-18-15-12-9-6-3)72-66(69)60-57-54-51-48-45-42-39-36-30-28-26-23-20-17-14-11-8-5-2/h22,25,28-31,33-34,63H,4-21,23-24,26-27,32,35-62H2,1-3H3/b25-22-,30-28-,31-29-,34-33-. The number of hydrogen-bond acceptors (Lipinski definition) is 6. The van der Waals surface area contributed by atoms with E-state index in [4.69, 9.17) is 14.2 Å². The van der Waals surface area contributed by atoms with Gasteiger partial charge in [-0.3, -0.25) is 14.4 Å². The van der Waals surface area contributed by atoms with Crippen LogP contribution in [-0.4, -0.2) is 37.2 Å². The van der Waals surface area contributed by atoms with Gasteiger partial charge in [-0.05, 0) is 83.5 Å². The summed E-state index contributed by atoms with van der Waals surface area (Å²) in [5.41, 5.74) is 0. The molecule has 0 aliphatic rings. The number of hydrogen-bond donors (Lipinski definition) is 0. The minimum absolute atomic E-state index is 0.0737. The van der Waals surface area contributed by atoms with Crippen LogP contribution < -0.4 is 0 Å². The molecule has 0 heterocycles. The largest absolute Gasteiger partial charge is 0.462 e. The van der Waals surface area contributed by atoms with E-state index in [1.54, 1.807) is 0 Å². The van der Waals surface area contributed by atoms with Crippen LogP contribution in [-0.2, 0) is 28.6 Å². The Hall–Kier alpha value is -2.63. The lowest BCUT2D eigenvalue weighted by molar-refractivity contribution is -0.167. The van der Waals surface area contributed by atoms with Crippen LogP contribution in [0.5, 0.6) is 0 Å². The maximum atomic E-state index is 12.9. The average Bonchev–Trinajstić information content (AvgIpc) is 3.38. The molecule has 0 saturated carbocycles. The zero-order chi connectivity index (χ0) is 52.2. The van der Waals surface area contributed by atoms with Crippen molar-refractivity contribution in [2.75, 3.05) is 13.2 Å². The summed E-state index contributed by atoms with van der Waals surface area (Å²) in [6.07, 6.45) is 75.4. The Balaban J connectivity index is 4.32. The summed E-state index contributed by atoms with van der Waals surface area (Å²) < 4.78 is 16.9. The van der Waals surface area contributed by atoms with Crippen molar-refractivity contribution < 1.29 is 28.6 Å². The molecule has 6 heteroatoms. The first-order chi connectivity index (χ1) is 35.5. The van der Waals surface area contributed by atoms with Gasteiger partial charge >= 0.3 is 17.9 Å². The highest BCUT2D eigenvalue weighted by Crippen LogP contribution is 2.17. The molecule has 0 saturated heterocycles. The topological polar surface area (TPSA) is 78.9 Å². The van der Waals surface area contributed by atoms with E-state index in [1.165, 1.54) is 218 Å². The number of unbranched alkanes of at least 4 members (excludes halogenated alkanes) is 39. The maximum Gasteiger partial charge on any atom is 0.306 e. The Bertz CT molecular complexity index is 1250. The van der Waals surface area contributed by atoms with Gasteiger partial charge in [0.1, 0.15) is 13.2 Å². The molecule has 1 atom stereocenters. The molecular formula is C66H120O6. The van der Waals surface area contributed by atoms with E-state index in [9.17, 15) is 14.4 Å². The van der Waals surface area contributed by atoms with Gasteiger partial charge in [-0.25, -0.2) is 0 Å². The van der Waals surface area contributed by atoms with Gasteiger partial charge in [0.2, 0.25) is 0 Å². The van der Waals surface area contributed by atoms with Crippen LogP contribution in [0.25, 0.3) is 0 Å². The van der Waals surface area contributed by atoms with Crippen LogP contribution in [0.1, 0.15) is 335 Å².